The second-order valence-corrected chi connectivity index (χ2v) is 8.74. The number of ether oxygens (including phenoxy) is 1. The first kappa shape index (κ1) is 22.4. The Bertz CT molecular complexity index is 828. The maximum Gasteiger partial charge on any atom is 0.293 e. The molecule has 1 amide bonds. The maximum atomic E-state index is 12.1. The minimum Gasteiger partial charge on any atom is -0.462 e. The summed E-state index contributed by atoms with van der Waals surface area (Å²) in [5, 5.41) is 8.94. The largest absolute Gasteiger partial charge is 0.462 e. The van der Waals surface area contributed by atoms with Crippen LogP contribution in [-0.4, -0.2) is 33.1 Å². The molecule has 1 N–H and O–H groups in total. The molecular weight excluding hydrogens is 446 g/mol. The Labute approximate surface area is 178 Å². The Morgan fingerprint density at radius 1 is 1.36 bits per heavy atom. The molecule has 0 aliphatic carbocycles. The normalized spacial score (nSPS) is 12.5. The number of carbonyl (C=O) groups is 2. The van der Waals surface area contributed by atoms with Crippen LogP contribution < -0.4 is 5.32 Å². The first-order valence-corrected chi connectivity index (χ1v) is 10.6. The molecule has 6 nitrogen and oxygen atoms in total. The summed E-state index contributed by atoms with van der Waals surface area (Å²) in [6, 6.07) is 7.54. The monoisotopic (exact) mass is 469 g/mol. The van der Waals surface area contributed by atoms with Crippen molar-refractivity contribution in [2.75, 3.05) is 10.6 Å². The van der Waals surface area contributed by atoms with Gasteiger partial charge in [0.05, 0.1) is 0 Å². The standard InChI is InChI=1S/C15H15BrClN3O.C5H10O2/c1-9(3-2-8-16)15(21)18-14-13-12(19-20(13)14)10-4-6-11(17)7-5-10;1-5(2,3)7-4-6/h4-7,9H,2-3,8H2,1H3,(H,18,21);4H,1-3H3. The molecule has 2 aliphatic rings. The molecule has 0 saturated carbocycles. The van der Waals surface area contributed by atoms with Crippen molar-refractivity contribution in [2.45, 2.75) is 46.1 Å². The molecule has 0 saturated heterocycles. The van der Waals surface area contributed by atoms with Gasteiger partial charge in [-0.05, 0) is 45.7 Å². The van der Waals surface area contributed by atoms with Gasteiger partial charge in [-0.15, -0.1) is 0 Å². The zero-order valence-electron chi connectivity index (χ0n) is 16.5. The fourth-order valence-corrected chi connectivity index (χ4v) is 2.83. The van der Waals surface area contributed by atoms with Gasteiger partial charge in [0, 0.05) is 21.8 Å². The number of amides is 1. The predicted molar refractivity (Wildman–Crippen MR) is 115 cm³/mol. The maximum absolute atomic E-state index is 12.1. The molecule has 0 radical (unpaired) electrons. The van der Waals surface area contributed by atoms with Gasteiger partial charge in [0.2, 0.25) is 5.91 Å². The highest BCUT2D eigenvalue weighted by atomic mass is 79.9. The summed E-state index contributed by atoms with van der Waals surface area (Å²) in [6.07, 6.45) is 1.88. The lowest BCUT2D eigenvalue weighted by molar-refractivity contribution is -0.138. The van der Waals surface area contributed by atoms with E-state index in [1.54, 1.807) is 4.68 Å². The number of halogens is 2. The van der Waals surface area contributed by atoms with Gasteiger partial charge < -0.3 is 10.1 Å². The summed E-state index contributed by atoms with van der Waals surface area (Å²) >= 11 is 9.26. The highest BCUT2D eigenvalue weighted by molar-refractivity contribution is 9.09. The minimum atomic E-state index is -0.318. The molecule has 0 aromatic heterocycles. The number of nitrogens with zero attached hydrogens (tertiary/aromatic N) is 2. The number of alkyl halides is 1. The van der Waals surface area contributed by atoms with Gasteiger partial charge in [0.15, 0.2) is 5.82 Å². The van der Waals surface area contributed by atoms with Crippen LogP contribution in [0.2, 0.25) is 5.02 Å². The van der Waals surface area contributed by atoms with Crippen molar-refractivity contribution >= 4 is 45.7 Å². The smallest absolute Gasteiger partial charge is 0.293 e. The van der Waals surface area contributed by atoms with E-state index in [9.17, 15) is 9.59 Å². The highest BCUT2D eigenvalue weighted by Gasteiger charge is 2.36. The van der Waals surface area contributed by atoms with Crippen LogP contribution in [0.1, 0.15) is 40.5 Å². The number of benzene rings is 1. The highest BCUT2D eigenvalue weighted by Crippen LogP contribution is 2.45. The second-order valence-electron chi connectivity index (χ2n) is 7.51. The van der Waals surface area contributed by atoms with Crippen molar-refractivity contribution in [3.8, 4) is 16.9 Å². The average Bonchev–Trinajstić information content (AvgIpc) is 3.15. The zero-order chi connectivity index (χ0) is 20.9. The second kappa shape index (κ2) is 9.56. The van der Waals surface area contributed by atoms with Gasteiger partial charge in [-0.1, -0.05) is 46.6 Å². The summed E-state index contributed by atoms with van der Waals surface area (Å²) in [7, 11) is 0. The third-order valence-corrected chi connectivity index (χ3v) is 4.81. The third kappa shape index (κ3) is 6.07. The van der Waals surface area contributed by atoms with Gasteiger partial charge in [-0.2, -0.15) is 5.10 Å². The lowest BCUT2D eigenvalue weighted by Crippen LogP contribution is -2.19. The van der Waals surface area contributed by atoms with E-state index in [0.29, 0.717) is 11.5 Å². The van der Waals surface area contributed by atoms with Gasteiger partial charge in [0.1, 0.15) is 17.0 Å². The molecule has 28 heavy (non-hydrogen) atoms. The topological polar surface area (TPSA) is 73.2 Å². The van der Waals surface area contributed by atoms with Crippen LogP contribution in [0.25, 0.3) is 16.9 Å². The molecule has 2 heterocycles. The molecule has 0 fully saturated rings. The first-order chi connectivity index (χ1) is 13.2. The van der Waals surface area contributed by atoms with Crippen molar-refractivity contribution in [3.05, 3.63) is 29.3 Å². The van der Waals surface area contributed by atoms with E-state index in [1.165, 1.54) is 0 Å². The van der Waals surface area contributed by atoms with Gasteiger partial charge in [-0.25, -0.2) is 4.68 Å². The number of carbonyl (C=O) groups excluding carboxylic acids is 2. The van der Waals surface area contributed by atoms with Crippen molar-refractivity contribution < 1.29 is 14.3 Å². The van der Waals surface area contributed by atoms with Crippen LogP contribution in [0, 0.1) is 5.92 Å². The summed E-state index contributed by atoms with van der Waals surface area (Å²) < 4.78 is 6.31. The number of hydrogen-bond donors (Lipinski definition) is 1. The molecular formula is C20H25BrClN3O3. The summed E-state index contributed by atoms with van der Waals surface area (Å²) in [5.41, 5.74) is 2.62. The van der Waals surface area contributed by atoms with E-state index in [4.69, 9.17) is 11.6 Å². The van der Waals surface area contributed by atoms with Crippen LogP contribution >= 0.6 is 27.5 Å². The van der Waals surface area contributed by atoms with Crippen LogP contribution in [0.4, 0.5) is 5.82 Å². The lowest BCUT2D eigenvalue weighted by atomic mass is 10.1. The van der Waals surface area contributed by atoms with Crippen molar-refractivity contribution in [1.29, 1.82) is 0 Å². The fourth-order valence-electron chi connectivity index (χ4n) is 2.38. The van der Waals surface area contributed by atoms with Crippen molar-refractivity contribution in [3.63, 3.8) is 0 Å². The average molecular weight is 471 g/mol. The molecule has 8 heteroatoms. The SMILES string of the molecule is CC(C)(C)OC=O.CC(CCCBr)C(=O)Nc1c2c(-c3ccc(Cl)cc3)nn1-2. The van der Waals surface area contributed by atoms with Gasteiger partial charge in [0.25, 0.3) is 6.47 Å². The number of nitrogens with one attached hydrogen (secondary N) is 1. The number of fused-ring (bicyclic) bond motifs is 1. The summed E-state index contributed by atoms with van der Waals surface area (Å²) in [5.74, 6) is 0.880. The van der Waals surface area contributed by atoms with Crippen LogP contribution in [0.3, 0.4) is 0 Å². The molecule has 1 aromatic carbocycles. The Morgan fingerprint density at radius 2 is 2.00 bits per heavy atom. The van der Waals surface area contributed by atoms with E-state index in [2.05, 4.69) is 31.1 Å². The van der Waals surface area contributed by atoms with E-state index in [1.807, 2.05) is 52.0 Å². The molecule has 1 atom stereocenters. The zero-order valence-corrected chi connectivity index (χ0v) is 18.8. The predicted octanol–water partition coefficient (Wildman–Crippen LogP) is 5.21. The van der Waals surface area contributed by atoms with E-state index in [-0.39, 0.29) is 17.4 Å². The van der Waals surface area contributed by atoms with E-state index in [0.717, 1.165) is 40.9 Å². The number of hydrogen-bond acceptors (Lipinski definition) is 4. The quantitative estimate of drug-likeness (QED) is 0.380. The van der Waals surface area contributed by atoms with Crippen molar-refractivity contribution in [2.24, 2.45) is 5.92 Å². The first-order valence-electron chi connectivity index (χ1n) is 9.05. The summed E-state index contributed by atoms with van der Waals surface area (Å²) in [4.78, 5) is 21.6. The van der Waals surface area contributed by atoms with E-state index < -0.39 is 0 Å². The number of rotatable bonds is 7. The Hall–Kier alpha value is -1.86. The number of aromatic nitrogens is 2. The summed E-state index contributed by atoms with van der Waals surface area (Å²) in [6.45, 7) is 7.87. The fraction of sp³-hybridized carbons (Fsp3) is 0.450. The van der Waals surface area contributed by atoms with Crippen LogP contribution in [0.5, 0.6) is 0 Å². The molecule has 2 aliphatic heterocycles. The van der Waals surface area contributed by atoms with E-state index >= 15 is 0 Å². The molecule has 0 bridgehead atoms. The molecule has 1 unspecified atom stereocenters. The van der Waals surface area contributed by atoms with Gasteiger partial charge in [-0.3, -0.25) is 9.59 Å². The molecule has 1 aromatic rings. The van der Waals surface area contributed by atoms with Crippen LogP contribution in [-0.2, 0) is 14.3 Å². The lowest BCUT2D eigenvalue weighted by Gasteiger charge is -2.14. The Kier molecular flexibility index (Phi) is 7.66. The minimum absolute atomic E-state index is 0.0100. The third-order valence-electron chi connectivity index (χ3n) is 4.00. The number of anilines is 1. The molecule has 152 valence electrons. The Balaban J connectivity index is 0.000000345. The molecule has 3 rings (SSSR count). The van der Waals surface area contributed by atoms with Crippen molar-refractivity contribution in [1.82, 2.24) is 9.78 Å². The van der Waals surface area contributed by atoms with Crippen LogP contribution in [0.15, 0.2) is 24.3 Å². The molecule has 0 spiro atoms. The van der Waals surface area contributed by atoms with Gasteiger partial charge >= 0.3 is 0 Å². The Morgan fingerprint density at radius 3 is 2.50 bits per heavy atom.